The highest BCUT2D eigenvalue weighted by Crippen LogP contribution is 2.04. The van der Waals surface area contributed by atoms with Crippen molar-refractivity contribution in [2.24, 2.45) is 5.73 Å². The van der Waals surface area contributed by atoms with Crippen molar-refractivity contribution >= 4 is 5.91 Å². The van der Waals surface area contributed by atoms with E-state index < -0.39 is 5.91 Å². The third kappa shape index (κ3) is 2.77. The average molecular weight is 220 g/mol. The van der Waals surface area contributed by atoms with Gasteiger partial charge < -0.3 is 11.1 Å². The minimum Gasteiger partial charge on any atom is -0.364 e. The Hall–Kier alpha value is -1.46. The lowest BCUT2D eigenvalue weighted by Crippen LogP contribution is -2.43. The molecule has 1 aliphatic heterocycles. The Morgan fingerprint density at radius 2 is 2.19 bits per heavy atom. The molecular formula is C11H16N4O. The largest absolute Gasteiger partial charge is 0.364 e. The number of hydrogen-bond donors (Lipinski definition) is 2. The van der Waals surface area contributed by atoms with Crippen molar-refractivity contribution in [3.63, 3.8) is 0 Å². The fourth-order valence-electron chi connectivity index (χ4n) is 1.80. The number of pyridine rings is 1. The molecule has 0 aliphatic carbocycles. The van der Waals surface area contributed by atoms with Crippen molar-refractivity contribution in [2.75, 3.05) is 26.2 Å². The zero-order valence-electron chi connectivity index (χ0n) is 9.15. The summed E-state index contributed by atoms with van der Waals surface area (Å²) < 4.78 is 0. The Bertz CT molecular complexity index is 374. The number of carbonyl (C=O) groups is 1. The van der Waals surface area contributed by atoms with Gasteiger partial charge in [-0.25, -0.2) is 4.98 Å². The van der Waals surface area contributed by atoms with Gasteiger partial charge in [-0.1, -0.05) is 6.07 Å². The normalized spacial score (nSPS) is 17.2. The smallest absolute Gasteiger partial charge is 0.267 e. The Morgan fingerprint density at radius 1 is 1.44 bits per heavy atom. The SMILES string of the molecule is NC(=O)c1cccc(CN2CCNCC2)n1. The van der Waals surface area contributed by atoms with Crippen LogP contribution >= 0.6 is 0 Å². The summed E-state index contributed by atoms with van der Waals surface area (Å²) in [5.74, 6) is -0.470. The van der Waals surface area contributed by atoms with Gasteiger partial charge in [-0.05, 0) is 12.1 Å². The molecule has 1 amide bonds. The number of amides is 1. The van der Waals surface area contributed by atoms with Crippen LogP contribution < -0.4 is 11.1 Å². The molecule has 5 nitrogen and oxygen atoms in total. The quantitative estimate of drug-likeness (QED) is 0.726. The van der Waals surface area contributed by atoms with E-state index in [4.69, 9.17) is 5.73 Å². The van der Waals surface area contributed by atoms with Crippen LogP contribution in [0.2, 0.25) is 0 Å². The molecule has 1 aromatic heterocycles. The minimum absolute atomic E-state index is 0.340. The zero-order valence-corrected chi connectivity index (χ0v) is 9.15. The molecule has 86 valence electrons. The standard InChI is InChI=1S/C11H16N4O/c12-11(16)10-3-1-2-9(14-10)8-15-6-4-13-5-7-15/h1-3,13H,4-8H2,(H2,12,16). The maximum absolute atomic E-state index is 11.0. The molecule has 1 aromatic rings. The Kier molecular flexibility index (Phi) is 3.48. The Morgan fingerprint density at radius 3 is 2.88 bits per heavy atom. The fourth-order valence-corrected chi connectivity index (χ4v) is 1.80. The first-order valence-electron chi connectivity index (χ1n) is 5.44. The summed E-state index contributed by atoms with van der Waals surface area (Å²) in [6.07, 6.45) is 0. The molecule has 2 rings (SSSR count). The number of aromatic nitrogens is 1. The Balaban J connectivity index is 2.02. The maximum Gasteiger partial charge on any atom is 0.267 e. The van der Waals surface area contributed by atoms with Crippen LogP contribution in [0.15, 0.2) is 18.2 Å². The predicted octanol–water partition coefficient (Wildman–Crippen LogP) is -0.414. The third-order valence-corrected chi connectivity index (χ3v) is 2.65. The van der Waals surface area contributed by atoms with Gasteiger partial charge in [0, 0.05) is 32.7 Å². The summed E-state index contributed by atoms with van der Waals surface area (Å²) in [7, 11) is 0. The maximum atomic E-state index is 11.0. The first-order valence-corrected chi connectivity index (χ1v) is 5.44. The first-order chi connectivity index (χ1) is 7.75. The van der Waals surface area contributed by atoms with Crippen molar-refractivity contribution in [3.8, 4) is 0 Å². The van der Waals surface area contributed by atoms with Crippen molar-refractivity contribution in [2.45, 2.75) is 6.54 Å². The molecule has 0 saturated carbocycles. The van der Waals surface area contributed by atoms with Gasteiger partial charge in [-0.15, -0.1) is 0 Å². The number of rotatable bonds is 3. The molecule has 5 heteroatoms. The van der Waals surface area contributed by atoms with E-state index >= 15 is 0 Å². The van der Waals surface area contributed by atoms with Crippen molar-refractivity contribution in [1.29, 1.82) is 0 Å². The molecule has 1 fully saturated rings. The average Bonchev–Trinajstić information content (AvgIpc) is 2.30. The van der Waals surface area contributed by atoms with Gasteiger partial charge in [0.2, 0.25) is 0 Å². The molecule has 0 unspecified atom stereocenters. The second-order valence-corrected chi connectivity index (χ2v) is 3.90. The van der Waals surface area contributed by atoms with E-state index in [1.165, 1.54) is 0 Å². The van der Waals surface area contributed by atoms with E-state index in [2.05, 4.69) is 15.2 Å². The van der Waals surface area contributed by atoms with E-state index in [-0.39, 0.29) is 0 Å². The van der Waals surface area contributed by atoms with Crippen LogP contribution in [-0.2, 0) is 6.54 Å². The predicted molar refractivity (Wildman–Crippen MR) is 60.9 cm³/mol. The van der Waals surface area contributed by atoms with Gasteiger partial charge >= 0.3 is 0 Å². The Labute approximate surface area is 94.6 Å². The molecule has 0 atom stereocenters. The summed E-state index contributed by atoms with van der Waals surface area (Å²) in [4.78, 5) is 17.5. The second kappa shape index (κ2) is 5.05. The number of primary amides is 1. The second-order valence-electron chi connectivity index (χ2n) is 3.90. The molecule has 1 aliphatic rings. The highest BCUT2D eigenvalue weighted by atomic mass is 16.1. The first kappa shape index (κ1) is 11.0. The van der Waals surface area contributed by atoms with Crippen LogP contribution in [0.3, 0.4) is 0 Å². The van der Waals surface area contributed by atoms with E-state index in [1.54, 1.807) is 6.07 Å². The minimum atomic E-state index is -0.470. The summed E-state index contributed by atoms with van der Waals surface area (Å²) in [5, 5.41) is 3.29. The third-order valence-electron chi connectivity index (χ3n) is 2.65. The number of nitrogens with zero attached hydrogens (tertiary/aromatic N) is 2. The van der Waals surface area contributed by atoms with Crippen molar-refractivity contribution < 1.29 is 4.79 Å². The topological polar surface area (TPSA) is 71.2 Å². The molecular weight excluding hydrogens is 204 g/mol. The van der Waals surface area contributed by atoms with Gasteiger partial charge in [-0.3, -0.25) is 9.69 Å². The molecule has 0 radical (unpaired) electrons. The van der Waals surface area contributed by atoms with Crippen LogP contribution in [0.5, 0.6) is 0 Å². The lowest BCUT2D eigenvalue weighted by molar-refractivity contribution is 0.0995. The van der Waals surface area contributed by atoms with Crippen molar-refractivity contribution in [3.05, 3.63) is 29.6 Å². The lowest BCUT2D eigenvalue weighted by atomic mass is 10.2. The van der Waals surface area contributed by atoms with Gasteiger partial charge in [0.15, 0.2) is 0 Å². The van der Waals surface area contributed by atoms with Crippen LogP contribution in [-0.4, -0.2) is 42.0 Å². The van der Waals surface area contributed by atoms with Gasteiger partial charge in [0.25, 0.3) is 5.91 Å². The number of nitrogens with two attached hydrogens (primary N) is 1. The summed E-state index contributed by atoms with van der Waals surface area (Å²) in [6, 6.07) is 5.39. The van der Waals surface area contributed by atoms with Crippen LogP contribution in [0.4, 0.5) is 0 Å². The molecule has 16 heavy (non-hydrogen) atoms. The summed E-state index contributed by atoms with van der Waals surface area (Å²) in [6.45, 7) is 4.83. The zero-order chi connectivity index (χ0) is 11.4. The summed E-state index contributed by atoms with van der Waals surface area (Å²) >= 11 is 0. The van der Waals surface area contributed by atoms with Crippen LogP contribution in [0.1, 0.15) is 16.2 Å². The number of carbonyl (C=O) groups excluding carboxylic acids is 1. The van der Waals surface area contributed by atoms with E-state index in [9.17, 15) is 4.79 Å². The molecule has 0 aromatic carbocycles. The molecule has 0 bridgehead atoms. The molecule has 1 saturated heterocycles. The van der Waals surface area contributed by atoms with E-state index in [0.29, 0.717) is 5.69 Å². The summed E-state index contributed by atoms with van der Waals surface area (Å²) in [5.41, 5.74) is 6.43. The van der Waals surface area contributed by atoms with Crippen molar-refractivity contribution in [1.82, 2.24) is 15.2 Å². The molecule has 3 N–H and O–H groups in total. The van der Waals surface area contributed by atoms with Gasteiger partial charge in [-0.2, -0.15) is 0 Å². The molecule has 0 spiro atoms. The monoisotopic (exact) mass is 220 g/mol. The highest BCUT2D eigenvalue weighted by Gasteiger charge is 2.11. The molecule has 2 heterocycles. The highest BCUT2D eigenvalue weighted by molar-refractivity contribution is 5.90. The lowest BCUT2D eigenvalue weighted by Gasteiger charge is -2.26. The number of hydrogen-bond acceptors (Lipinski definition) is 4. The van der Waals surface area contributed by atoms with Gasteiger partial charge in [0.05, 0.1) is 5.69 Å². The van der Waals surface area contributed by atoms with Gasteiger partial charge in [0.1, 0.15) is 5.69 Å². The van der Waals surface area contributed by atoms with Crippen LogP contribution in [0, 0.1) is 0 Å². The van der Waals surface area contributed by atoms with Crippen LogP contribution in [0.25, 0.3) is 0 Å². The fraction of sp³-hybridized carbons (Fsp3) is 0.455. The van der Waals surface area contributed by atoms with E-state index in [0.717, 1.165) is 38.4 Å². The van der Waals surface area contributed by atoms with E-state index in [1.807, 2.05) is 12.1 Å². The number of piperazine rings is 1. The number of nitrogens with one attached hydrogen (secondary N) is 1.